The number of hydrogen-bond donors (Lipinski definition) is 2. The Labute approximate surface area is 178 Å². The zero-order valence-corrected chi connectivity index (χ0v) is 18.1. The molecule has 2 N–H and O–H groups in total. The standard InChI is InChI=1S/C24H28N2O3S/c1-2-8-21-20(19-15-17-9-3-4-10-18(17)16-19)11-7-13-23(21)30(28,29)26-22-12-5-6-14-25-24(22)27/h3-4,7,9-11,13,15,22,26H,2,5-6,8,12,14,16H2,1H3,(H,25,27)/t22-/m1/s1. The molecular weight excluding hydrogens is 396 g/mol. The minimum absolute atomic E-state index is 0.238. The summed E-state index contributed by atoms with van der Waals surface area (Å²) in [5.74, 6) is -0.238. The van der Waals surface area contributed by atoms with E-state index < -0.39 is 16.1 Å². The normalized spacial score (nSPS) is 19.0. The smallest absolute Gasteiger partial charge is 0.241 e. The number of amides is 1. The van der Waals surface area contributed by atoms with Crippen molar-refractivity contribution in [3.8, 4) is 0 Å². The molecule has 1 heterocycles. The van der Waals surface area contributed by atoms with Crippen LogP contribution in [0.4, 0.5) is 0 Å². The highest BCUT2D eigenvalue weighted by atomic mass is 32.2. The average Bonchev–Trinajstić information content (AvgIpc) is 3.07. The zero-order valence-electron chi connectivity index (χ0n) is 17.3. The molecule has 5 nitrogen and oxygen atoms in total. The molecule has 0 spiro atoms. The molecule has 158 valence electrons. The highest BCUT2D eigenvalue weighted by Crippen LogP contribution is 2.35. The summed E-state index contributed by atoms with van der Waals surface area (Å²) >= 11 is 0. The van der Waals surface area contributed by atoms with E-state index in [0.29, 0.717) is 19.4 Å². The van der Waals surface area contributed by atoms with Crippen LogP contribution in [0, 0.1) is 0 Å². The fourth-order valence-electron chi connectivity index (χ4n) is 4.38. The maximum atomic E-state index is 13.3. The van der Waals surface area contributed by atoms with Crippen LogP contribution in [-0.2, 0) is 27.7 Å². The monoisotopic (exact) mass is 424 g/mol. The Morgan fingerprint density at radius 3 is 2.73 bits per heavy atom. The Morgan fingerprint density at radius 1 is 1.10 bits per heavy atom. The first-order valence-corrected chi connectivity index (χ1v) is 12.2. The summed E-state index contributed by atoms with van der Waals surface area (Å²) in [5, 5.41) is 2.80. The third-order valence-corrected chi connectivity index (χ3v) is 7.42. The fraction of sp³-hybridized carbons (Fsp3) is 0.375. The number of benzene rings is 2. The Bertz CT molecular complexity index is 1090. The second kappa shape index (κ2) is 8.74. The van der Waals surface area contributed by atoms with Gasteiger partial charge in [-0.05, 0) is 66.0 Å². The minimum atomic E-state index is -3.82. The van der Waals surface area contributed by atoms with Crippen molar-refractivity contribution in [1.82, 2.24) is 10.0 Å². The van der Waals surface area contributed by atoms with Gasteiger partial charge in [-0.3, -0.25) is 4.79 Å². The predicted molar refractivity (Wildman–Crippen MR) is 119 cm³/mol. The van der Waals surface area contributed by atoms with Crippen LogP contribution in [0.1, 0.15) is 54.9 Å². The number of hydrogen-bond acceptors (Lipinski definition) is 3. The molecular formula is C24H28N2O3S. The van der Waals surface area contributed by atoms with Gasteiger partial charge in [0.1, 0.15) is 6.04 Å². The van der Waals surface area contributed by atoms with Gasteiger partial charge in [0.2, 0.25) is 15.9 Å². The van der Waals surface area contributed by atoms with Gasteiger partial charge in [-0.15, -0.1) is 0 Å². The van der Waals surface area contributed by atoms with Crippen molar-refractivity contribution in [2.45, 2.75) is 56.4 Å². The topological polar surface area (TPSA) is 75.3 Å². The van der Waals surface area contributed by atoms with Gasteiger partial charge in [0.25, 0.3) is 0 Å². The lowest BCUT2D eigenvalue weighted by atomic mass is 9.95. The Morgan fingerprint density at radius 2 is 1.93 bits per heavy atom. The molecule has 1 atom stereocenters. The van der Waals surface area contributed by atoms with Gasteiger partial charge in [0.05, 0.1) is 4.90 Å². The van der Waals surface area contributed by atoms with Crippen LogP contribution in [-0.4, -0.2) is 26.9 Å². The van der Waals surface area contributed by atoms with Gasteiger partial charge in [-0.25, -0.2) is 8.42 Å². The molecule has 2 aromatic carbocycles. The Balaban J connectivity index is 1.70. The summed E-state index contributed by atoms with van der Waals surface area (Å²) in [5.41, 5.74) is 5.42. The highest BCUT2D eigenvalue weighted by molar-refractivity contribution is 7.89. The first-order chi connectivity index (χ1) is 14.5. The maximum absolute atomic E-state index is 13.3. The number of fused-ring (bicyclic) bond motifs is 1. The van der Waals surface area contributed by atoms with Gasteiger partial charge in [-0.2, -0.15) is 4.72 Å². The number of rotatable bonds is 6. The molecule has 2 aliphatic rings. The van der Waals surface area contributed by atoms with Crippen molar-refractivity contribution in [3.05, 3.63) is 64.7 Å². The molecule has 1 aliphatic heterocycles. The molecule has 1 aliphatic carbocycles. The molecule has 0 bridgehead atoms. The summed E-state index contributed by atoms with van der Waals surface area (Å²) in [6, 6.07) is 13.0. The van der Waals surface area contributed by atoms with Crippen LogP contribution in [0.5, 0.6) is 0 Å². The first-order valence-electron chi connectivity index (χ1n) is 10.7. The number of nitrogens with one attached hydrogen (secondary N) is 2. The van der Waals surface area contributed by atoms with E-state index in [4.69, 9.17) is 0 Å². The van der Waals surface area contributed by atoms with E-state index in [-0.39, 0.29) is 10.8 Å². The van der Waals surface area contributed by atoms with Crippen LogP contribution < -0.4 is 10.0 Å². The van der Waals surface area contributed by atoms with E-state index in [1.807, 2.05) is 18.2 Å². The molecule has 4 rings (SSSR count). The van der Waals surface area contributed by atoms with Gasteiger partial charge in [-0.1, -0.05) is 55.8 Å². The molecule has 30 heavy (non-hydrogen) atoms. The number of carbonyl (C=O) groups is 1. The number of allylic oxidation sites excluding steroid dienone is 1. The maximum Gasteiger partial charge on any atom is 0.241 e. The summed E-state index contributed by atoms with van der Waals surface area (Å²) in [6.45, 7) is 2.65. The summed E-state index contributed by atoms with van der Waals surface area (Å²) < 4.78 is 29.3. The quantitative estimate of drug-likeness (QED) is 0.743. The lowest BCUT2D eigenvalue weighted by Gasteiger charge is -2.19. The summed E-state index contributed by atoms with van der Waals surface area (Å²) in [4.78, 5) is 12.6. The van der Waals surface area contributed by atoms with Crippen molar-refractivity contribution in [2.24, 2.45) is 0 Å². The van der Waals surface area contributed by atoms with Crippen LogP contribution >= 0.6 is 0 Å². The van der Waals surface area contributed by atoms with E-state index in [0.717, 1.165) is 42.4 Å². The molecule has 6 heteroatoms. The zero-order chi connectivity index (χ0) is 21.1. The van der Waals surface area contributed by atoms with Crippen molar-refractivity contribution >= 4 is 27.6 Å². The lowest BCUT2D eigenvalue weighted by molar-refractivity contribution is -0.122. The fourth-order valence-corrected chi connectivity index (χ4v) is 5.90. The van der Waals surface area contributed by atoms with Crippen molar-refractivity contribution in [3.63, 3.8) is 0 Å². The minimum Gasteiger partial charge on any atom is -0.355 e. The highest BCUT2D eigenvalue weighted by Gasteiger charge is 2.29. The average molecular weight is 425 g/mol. The van der Waals surface area contributed by atoms with Crippen LogP contribution in [0.3, 0.4) is 0 Å². The molecule has 1 saturated heterocycles. The number of sulfonamides is 1. The predicted octanol–water partition coefficient (Wildman–Crippen LogP) is 3.68. The second-order valence-electron chi connectivity index (χ2n) is 8.04. The van der Waals surface area contributed by atoms with Gasteiger partial charge in [0, 0.05) is 6.54 Å². The summed E-state index contributed by atoms with van der Waals surface area (Å²) in [6.07, 6.45) is 6.67. The molecule has 0 radical (unpaired) electrons. The summed E-state index contributed by atoms with van der Waals surface area (Å²) in [7, 11) is -3.82. The van der Waals surface area contributed by atoms with E-state index in [9.17, 15) is 13.2 Å². The molecule has 2 aromatic rings. The first kappa shape index (κ1) is 20.8. The van der Waals surface area contributed by atoms with Crippen molar-refractivity contribution in [1.29, 1.82) is 0 Å². The van der Waals surface area contributed by atoms with Crippen LogP contribution in [0.25, 0.3) is 11.6 Å². The molecule has 0 saturated carbocycles. The number of carbonyl (C=O) groups excluding carboxylic acids is 1. The van der Waals surface area contributed by atoms with E-state index in [1.54, 1.807) is 12.1 Å². The van der Waals surface area contributed by atoms with Gasteiger partial charge < -0.3 is 5.32 Å². The van der Waals surface area contributed by atoms with E-state index in [2.05, 4.69) is 35.2 Å². The lowest BCUT2D eigenvalue weighted by Crippen LogP contribution is -2.45. The van der Waals surface area contributed by atoms with Crippen molar-refractivity contribution < 1.29 is 13.2 Å². The van der Waals surface area contributed by atoms with Gasteiger partial charge in [0.15, 0.2) is 0 Å². The second-order valence-corrected chi connectivity index (χ2v) is 9.72. The van der Waals surface area contributed by atoms with Crippen LogP contribution in [0.15, 0.2) is 47.4 Å². The Kier molecular flexibility index (Phi) is 6.06. The Hall–Kier alpha value is -2.44. The van der Waals surface area contributed by atoms with Crippen LogP contribution in [0.2, 0.25) is 0 Å². The molecule has 0 unspecified atom stereocenters. The van der Waals surface area contributed by atoms with E-state index >= 15 is 0 Å². The van der Waals surface area contributed by atoms with Gasteiger partial charge >= 0.3 is 0 Å². The molecule has 1 amide bonds. The largest absolute Gasteiger partial charge is 0.355 e. The van der Waals surface area contributed by atoms with E-state index in [1.165, 1.54) is 11.1 Å². The third kappa shape index (κ3) is 4.20. The molecule has 0 aromatic heterocycles. The SMILES string of the molecule is CCCc1c(C2=Cc3ccccc3C2)cccc1S(=O)(=O)N[C@@H]1CCCCNC1=O. The van der Waals surface area contributed by atoms with Crippen molar-refractivity contribution in [2.75, 3.05) is 6.54 Å². The molecule has 1 fully saturated rings. The third-order valence-electron chi connectivity index (χ3n) is 5.87.